The van der Waals surface area contributed by atoms with Crippen molar-refractivity contribution in [1.29, 1.82) is 0 Å². The maximum Gasteiger partial charge on any atom is 0.414 e. The van der Waals surface area contributed by atoms with Crippen molar-refractivity contribution in [2.24, 2.45) is 5.92 Å². The number of hydrogen-bond acceptors (Lipinski definition) is 7. The summed E-state index contributed by atoms with van der Waals surface area (Å²) >= 11 is 10.5. The van der Waals surface area contributed by atoms with Gasteiger partial charge >= 0.3 is 6.09 Å². The molecule has 3 fully saturated rings. The van der Waals surface area contributed by atoms with E-state index in [2.05, 4.69) is 20.1 Å². The minimum atomic E-state index is -0.378. The van der Waals surface area contributed by atoms with E-state index in [0.29, 0.717) is 19.0 Å². The molecule has 0 bridgehead atoms. The molecule has 1 amide bonds. The normalized spacial score (nSPS) is 21.8. The highest BCUT2D eigenvalue weighted by molar-refractivity contribution is 7.80. The van der Waals surface area contributed by atoms with Gasteiger partial charge in [0.2, 0.25) is 0 Å². The van der Waals surface area contributed by atoms with Crippen LogP contribution in [-0.2, 0) is 9.47 Å². The fraction of sp³-hybridized carbons (Fsp3) is 0.579. The number of piperazine rings is 1. The fourth-order valence-electron chi connectivity index (χ4n) is 3.58. The Kier molecular flexibility index (Phi) is 6.00. The van der Waals surface area contributed by atoms with E-state index in [0.717, 1.165) is 42.7 Å². The standard InChI is InChI=1S/C19H25N5O3S2/c1-26-18(29)21-11-15-12-24(19(25)27-15)14-4-5-16(20-10-14)22-6-8-23(9-7-22)17(28)13-2-3-13/h4-5,10,13,15H,2-3,6-9,11-12H2,1H3,(H,21,29)/t15-/m0/s1. The minimum absolute atomic E-state index is 0.281. The van der Waals surface area contributed by atoms with E-state index in [9.17, 15) is 4.79 Å². The average molecular weight is 436 g/mol. The zero-order valence-electron chi connectivity index (χ0n) is 16.4. The molecule has 3 aliphatic rings. The van der Waals surface area contributed by atoms with Crippen LogP contribution in [0.15, 0.2) is 18.3 Å². The molecular weight excluding hydrogens is 410 g/mol. The summed E-state index contributed by atoms with van der Waals surface area (Å²) in [6.07, 6.45) is 3.55. The van der Waals surface area contributed by atoms with E-state index in [1.165, 1.54) is 20.0 Å². The predicted octanol–water partition coefficient (Wildman–Crippen LogP) is 1.79. The van der Waals surface area contributed by atoms with E-state index >= 15 is 0 Å². The number of nitrogens with zero attached hydrogens (tertiary/aromatic N) is 4. The SMILES string of the molecule is COC(=S)NC[C@H]1CN(c2ccc(N3CCN(C(=S)C4CC4)CC3)nc2)C(=O)O1. The van der Waals surface area contributed by atoms with Crippen LogP contribution in [0.4, 0.5) is 16.3 Å². The second-order valence-corrected chi connectivity index (χ2v) is 8.24. The zero-order chi connectivity index (χ0) is 20.4. The lowest BCUT2D eigenvalue weighted by atomic mass is 10.2. The van der Waals surface area contributed by atoms with Gasteiger partial charge in [-0.25, -0.2) is 9.78 Å². The number of pyridine rings is 1. The number of thiocarbonyl (C=S) groups is 2. The Morgan fingerprint density at radius 1 is 1.28 bits per heavy atom. The molecule has 0 radical (unpaired) electrons. The van der Waals surface area contributed by atoms with Crippen molar-refractivity contribution < 1.29 is 14.3 Å². The number of amides is 1. The summed E-state index contributed by atoms with van der Waals surface area (Å²) in [7, 11) is 1.50. The number of aromatic nitrogens is 1. The molecule has 156 valence electrons. The molecule has 1 aromatic rings. The Balaban J connectivity index is 1.30. The highest BCUT2D eigenvalue weighted by Crippen LogP contribution is 2.32. The Morgan fingerprint density at radius 2 is 2.03 bits per heavy atom. The molecule has 8 nitrogen and oxygen atoms in total. The van der Waals surface area contributed by atoms with E-state index in [1.807, 2.05) is 12.1 Å². The monoisotopic (exact) mass is 435 g/mol. The largest absolute Gasteiger partial charge is 0.474 e. The van der Waals surface area contributed by atoms with E-state index in [-0.39, 0.29) is 17.4 Å². The fourth-order valence-corrected chi connectivity index (χ4v) is 4.08. The van der Waals surface area contributed by atoms with Gasteiger partial charge in [-0.05, 0) is 37.2 Å². The molecule has 1 N–H and O–H groups in total. The molecule has 10 heteroatoms. The van der Waals surface area contributed by atoms with Crippen molar-refractivity contribution in [2.75, 3.05) is 56.2 Å². The van der Waals surface area contributed by atoms with Crippen LogP contribution in [0.3, 0.4) is 0 Å². The van der Waals surface area contributed by atoms with Gasteiger partial charge in [-0.2, -0.15) is 0 Å². The molecule has 3 heterocycles. The second-order valence-electron chi connectivity index (χ2n) is 7.45. The smallest absolute Gasteiger partial charge is 0.414 e. The van der Waals surface area contributed by atoms with Gasteiger partial charge in [0, 0.05) is 32.1 Å². The average Bonchev–Trinajstić information content (AvgIpc) is 3.54. The van der Waals surface area contributed by atoms with Gasteiger partial charge in [0.1, 0.15) is 11.9 Å². The maximum absolute atomic E-state index is 12.2. The van der Waals surface area contributed by atoms with Crippen LogP contribution >= 0.6 is 24.4 Å². The van der Waals surface area contributed by atoms with Crippen molar-refractivity contribution in [2.45, 2.75) is 18.9 Å². The molecule has 0 spiro atoms. The van der Waals surface area contributed by atoms with Gasteiger partial charge in [-0.3, -0.25) is 4.90 Å². The first-order valence-electron chi connectivity index (χ1n) is 9.85. The molecule has 4 rings (SSSR count). The molecule has 2 saturated heterocycles. The topological polar surface area (TPSA) is 70.2 Å². The van der Waals surface area contributed by atoms with Gasteiger partial charge < -0.3 is 24.6 Å². The first-order valence-corrected chi connectivity index (χ1v) is 10.7. The van der Waals surface area contributed by atoms with Gasteiger partial charge in [-0.15, -0.1) is 0 Å². The number of rotatable bonds is 5. The van der Waals surface area contributed by atoms with Crippen molar-refractivity contribution in [3.05, 3.63) is 18.3 Å². The van der Waals surface area contributed by atoms with Crippen molar-refractivity contribution in [3.63, 3.8) is 0 Å². The van der Waals surface area contributed by atoms with Gasteiger partial charge in [0.15, 0.2) is 0 Å². The summed E-state index contributed by atoms with van der Waals surface area (Å²) in [5.41, 5.74) is 0.726. The maximum atomic E-state index is 12.2. The van der Waals surface area contributed by atoms with E-state index in [4.69, 9.17) is 33.9 Å². The van der Waals surface area contributed by atoms with Crippen LogP contribution in [0.1, 0.15) is 12.8 Å². The summed E-state index contributed by atoms with van der Waals surface area (Å²) in [6, 6.07) is 3.88. The summed E-state index contributed by atoms with van der Waals surface area (Å²) < 4.78 is 10.3. The third-order valence-electron chi connectivity index (χ3n) is 5.42. The number of hydrogen-bond donors (Lipinski definition) is 1. The van der Waals surface area contributed by atoms with Crippen LogP contribution in [0.2, 0.25) is 0 Å². The highest BCUT2D eigenvalue weighted by Gasteiger charge is 2.33. The zero-order valence-corrected chi connectivity index (χ0v) is 18.0. The van der Waals surface area contributed by atoms with Gasteiger partial charge in [-0.1, -0.05) is 12.2 Å². The van der Waals surface area contributed by atoms with E-state index in [1.54, 1.807) is 11.1 Å². The number of nitrogens with one attached hydrogen (secondary N) is 1. The van der Waals surface area contributed by atoms with Crippen molar-refractivity contribution >= 4 is 52.2 Å². The Morgan fingerprint density at radius 3 is 2.66 bits per heavy atom. The molecule has 1 atom stereocenters. The predicted molar refractivity (Wildman–Crippen MR) is 119 cm³/mol. The third kappa shape index (κ3) is 4.69. The summed E-state index contributed by atoms with van der Waals surface area (Å²) in [5, 5.41) is 3.19. The Bertz CT molecular complexity index is 779. The molecule has 29 heavy (non-hydrogen) atoms. The second kappa shape index (κ2) is 8.66. The molecule has 1 saturated carbocycles. The van der Waals surface area contributed by atoms with Crippen molar-refractivity contribution in [1.82, 2.24) is 15.2 Å². The lowest BCUT2D eigenvalue weighted by Gasteiger charge is -2.37. The first-order chi connectivity index (χ1) is 14.0. The molecular formula is C19H25N5O3S2. The Labute approximate surface area is 181 Å². The minimum Gasteiger partial charge on any atom is -0.474 e. The number of ether oxygens (including phenoxy) is 2. The lowest BCUT2D eigenvalue weighted by Crippen LogP contribution is -2.49. The van der Waals surface area contributed by atoms with Crippen molar-refractivity contribution in [3.8, 4) is 0 Å². The number of cyclic esters (lactones) is 1. The lowest BCUT2D eigenvalue weighted by molar-refractivity contribution is 0.142. The van der Waals surface area contributed by atoms with Crippen LogP contribution < -0.4 is 15.1 Å². The summed E-state index contributed by atoms with van der Waals surface area (Å²) in [6.45, 7) is 4.53. The molecule has 1 aliphatic carbocycles. The first kappa shape index (κ1) is 20.1. The highest BCUT2D eigenvalue weighted by atomic mass is 32.1. The third-order valence-corrected chi connectivity index (χ3v) is 6.32. The molecule has 2 aliphatic heterocycles. The summed E-state index contributed by atoms with van der Waals surface area (Å²) in [5.74, 6) is 1.56. The van der Waals surface area contributed by atoms with Crippen LogP contribution in [0, 0.1) is 5.92 Å². The summed E-state index contributed by atoms with van der Waals surface area (Å²) in [4.78, 5) is 24.1. The van der Waals surface area contributed by atoms with Gasteiger partial charge in [0.05, 0.1) is 37.1 Å². The number of anilines is 2. The van der Waals surface area contributed by atoms with Crippen LogP contribution in [0.5, 0.6) is 0 Å². The molecule has 0 unspecified atom stereocenters. The van der Waals surface area contributed by atoms with Crippen LogP contribution in [-0.4, -0.2) is 78.6 Å². The van der Waals surface area contributed by atoms with Crippen LogP contribution in [0.25, 0.3) is 0 Å². The molecule has 0 aromatic carbocycles. The number of carbonyl (C=O) groups excluding carboxylic acids is 1. The van der Waals surface area contributed by atoms with Gasteiger partial charge in [0.25, 0.3) is 5.17 Å². The number of methoxy groups -OCH3 is 1. The number of carbonyl (C=O) groups is 1. The molecule has 1 aromatic heterocycles. The quantitative estimate of drug-likeness (QED) is 0.697. The Hall–Kier alpha value is -2.20. The van der Waals surface area contributed by atoms with E-state index < -0.39 is 0 Å².